The van der Waals surface area contributed by atoms with Gasteiger partial charge in [-0.15, -0.1) is 0 Å². The van der Waals surface area contributed by atoms with Gasteiger partial charge in [-0.25, -0.2) is 4.57 Å². The van der Waals surface area contributed by atoms with Gasteiger partial charge in [0.1, 0.15) is 19.6 Å². The molecule has 0 spiro atoms. The van der Waals surface area contributed by atoms with Gasteiger partial charge < -0.3 is 40.3 Å². The van der Waals surface area contributed by atoms with Crippen LogP contribution < -0.4 is 16.0 Å². The zero-order valence-corrected chi connectivity index (χ0v) is 33.9. The maximum absolute atomic E-state index is 12.6. The Balaban J connectivity index is 4.69. The fourth-order valence-corrected chi connectivity index (χ4v) is 4.92. The van der Waals surface area contributed by atoms with Crippen LogP contribution in [-0.4, -0.2) is 132 Å². The number of ether oxygens (including phenoxy) is 2. The first kappa shape index (κ1) is 52.9. The van der Waals surface area contributed by atoms with Gasteiger partial charge in [0.15, 0.2) is 23.5 Å². The monoisotopic (exact) mass is 846 g/mol. The van der Waals surface area contributed by atoms with Crippen LogP contribution in [0.15, 0.2) is 24.3 Å². The number of nitrogens with one attached hydrogen (secondary N) is 3. The lowest BCUT2D eigenvalue weighted by Gasteiger charge is -2.20. The topological polar surface area (TPSA) is 304 Å². The van der Waals surface area contributed by atoms with Gasteiger partial charge in [-0.05, 0) is 12.8 Å². The normalized spacial score (nSPS) is 12.6. The minimum atomic E-state index is -4.76. The van der Waals surface area contributed by atoms with Crippen molar-refractivity contribution >= 4 is 66.7 Å². The minimum absolute atomic E-state index is 0.0375. The molecule has 0 radical (unpaired) electrons. The van der Waals surface area contributed by atoms with Crippen LogP contribution in [0.25, 0.3) is 0 Å². The van der Waals surface area contributed by atoms with E-state index in [-0.39, 0.29) is 51.0 Å². The second-order valence-electron chi connectivity index (χ2n) is 12.3. The third-order valence-corrected chi connectivity index (χ3v) is 8.16. The van der Waals surface area contributed by atoms with E-state index < -0.39 is 126 Å². The zero-order chi connectivity index (χ0) is 43.9. The number of hydrogen-bond donors (Lipinski definition) is 5. The molecule has 2 atom stereocenters. The Morgan fingerprint density at radius 3 is 1.88 bits per heavy atom. The average molecular weight is 847 g/mol. The average Bonchev–Trinajstić information content (AvgIpc) is 3.16. The smallest absolute Gasteiger partial charge is 0.472 e. The number of amides is 4. The number of phosphoric ester groups is 1. The lowest BCUT2D eigenvalue weighted by atomic mass is 10.1. The molecule has 0 fully saturated rings. The highest BCUT2D eigenvalue weighted by atomic mass is 31.2. The molecule has 0 saturated heterocycles. The maximum Gasteiger partial charge on any atom is 0.472 e. The fourth-order valence-electron chi connectivity index (χ4n) is 4.17. The number of carbonyl (C=O) groups excluding carboxylic acids is 9. The molecule has 0 saturated carbocycles. The van der Waals surface area contributed by atoms with Crippen molar-refractivity contribution in [2.45, 2.75) is 91.1 Å². The summed E-state index contributed by atoms with van der Waals surface area (Å²) in [6.45, 7) is 1.05. The number of allylic oxidation sites excluding steroid dienone is 2. The summed E-state index contributed by atoms with van der Waals surface area (Å²) in [6, 6.07) is 0. The molecule has 4 amide bonds. The van der Waals surface area contributed by atoms with Gasteiger partial charge in [-0.1, -0.05) is 45.1 Å². The summed E-state index contributed by atoms with van der Waals surface area (Å²) in [5.41, 5.74) is 0. The van der Waals surface area contributed by atoms with Gasteiger partial charge in [-0.2, -0.15) is 0 Å². The number of phosphoric acid groups is 1. The molecule has 2 unspecified atom stereocenters. The van der Waals surface area contributed by atoms with Crippen LogP contribution in [-0.2, 0) is 71.0 Å². The van der Waals surface area contributed by atoms with E-state index in [1.165, 1.54) is 0 Å². The van der Waals surface area contributed by atoms with E-state index in [1.54, 1.807) is 31.2 Å². The Morgan fingerprint density at radius 2 is 1.26 bits per heavy atom. The van der Waals surface area contributed by atoms with E-state index >= 15 is 0 Å². The van der Waals surface area contributed by atoms with Crippen molar-refractivity contribution in [1.82, 2.24) is 20.9 Å². The number of hydrogen-bond acceptors (Lipinski definition) is 15. The molecule has 0 aliphatic heterocycles. The lowest BCUT2D eigenvalue weighted by molar-refractivity contribution is -0.160. The Bertz CT molecular complexity index is 1530. The number of aliphatic carboxylic acids is 1. The summed E-state index contributed by atoms with van der Waals surface area (Å²) < 4.78 is 32.3. The van der Waals surface area contributed by atoms with Gasteiger partial charge in [0.05, 0.1) is 45.7 Å². The van der Waals surface area contributed by atoms with Gasteiger partial charge in [-0.3, -0.25) is 57.0 Å². The molecule has 0 aromatic heterocycles. The molecule has 0 aromatic rings. The molecule has 0 aliphatic rings. The van der Waals surface area contributed by atoms with Crippen LogP contribution >= 0.6 is 7.82 Å². The second-order valence-corrected chi connectivity index (χ2v) is 13.7. The Labute approximate surface area is 336 Å². The van der Waals surface area contributed by atoms with Crippen molar-refractivity contribution < 1.29 is 81.0 Å². The second kappa shape index (κ2) is 31.0. The van der Waals surface area contributed by atoms with Gasteiger partial charge in [0.25, 0.3) is 0 Å². The largest absolute Gasteiger partial charge is 0.480 e. The van der Waals surface area contributed by atoms with Crippen molar-refractivity contribution in [2.24, 2.45) is 0 Å². The van der Waals surface area contributed by atoms with Crippen LogP contribution in [0.4, 0.5) is 0 Å². The predicted molar refractivity (Wildman–Crippen MR) is 202 cm³/mol. The molecule has 0 aliphatic carbocycles. The van der Waals surface area contributed by atoms with Crippen LogP contribution in [0, 0.1) is 0 Å². The molecule has 326 valence electrons. The molecular formula is C36H55N4O17P. The number of carboxylic acids is 1. The quantitative estimate of drug-likeness (QED) is 0.0199. The summed E-state index contributed by atoms with van der Waals surface area (Å²) in [4.78, 5) is 131. The fraction of sp³-hybridized carbons (Fsp3) is 0.611. The van der Waals surface area contributed by atoms with E-state index in [0.717, 1.165) is 0 Å². The van der Waals surface area contributed by atoms with Crippen LogP contribution in [0.3, 0.4) is 0 Å². The molecule has 5 N–H and O–H groups in total. The Morgan fingerprint density at radius 1 is 0.672 bits per heavy atom. The number of nitrogens with zero attached hydrogens (tertiary/aromatic N) is 1. The zero-order valence-electron chi connectivity index (χ0n) is 33.0. The van der Waals surface area contributed by atoms with Crippen molar-refractivity contribution in [3.8, 4) is 0 Å². The standard InChI is InChI=1S/C36H55N4O17P/c1-4-7-9-11-35(50)54-24-29(57-36(51)12-10-8-5-2)25-56-58(52,53)55-18-17-37-31(45)19-32(46)39-21-27(42)14-16-33(47)40(23-34(48)49)22-28(43)13-15-30(44)38-20-26(41)6-3/h7-10,29H,4-6,11-25H2,1-3H3,(H,37,45)(H,38,44)(H,39,46)(H,48,49)(H,52,53)/b9-7-,10-8-. The molecule has 0 rings (SSSR count). The first-order chi connectivity index (χ1) is 27.4. The number of esters is 2. The number of carboxylic acid groups (broad SMARTS) is 1. The number of rotatable bonds is 33. The number of Topliss-reactive ketones (excluding diaryl/α,β-unsaturated/α-hetero) is 3. The first-order valence-electron chi connectivity index (χ1n) is 18.5. The van der Waals surface area contributed by atoms with E-state index in [1.807, 2.05) is 13.8 Å². The van der Waals surface area contributed by atoms with Crippen LogP contribution in [0.2, 0.25) is 0 Å². The minimum Gasteiger partial charge on any atom is -0.480 e. The summed E-state index contributed by atoms with van der Waals surface area (Å²) in [7, 11) is -4.76. The van der Waals surface area contributed by atoms with E-state index in [4.69, 9.17) is 23.6 Å². The molecule has 58 heavy (non-hydrogen) atoms. The molecule has 22 heteroatoms. The first-order valence-corrected chi connectivity index (χ1v) is 20.0. The van der Waals surface area contributed by atoms with Crippen molar-refractivity contribution in [3.05, 3.63) is 24.3 Å². The van der Waals surface area contributed by atoms with Crippen molar-refractivity contribution in [2.75, 3.05) is 52.5 Å². The third-order valence-electron chi connectivity index (χ3n) is 7.18. The molecule has 21 nitrogen and oxygen atoms in total. The van der Waals surface area contributed by atoms with Crippen molar-refractivity contribution in [3.63, 3.8) is 0 Å². The van der Waals surface area contributed by atoms with Gasteiger partial charge in [0, 0.05) is 38.6 Å². The summed E-state index contributed by atoms with van der Waals surface area (Å²) in [5, 5.41) is 15.9. The molecule has 0 aromatic carbocycles. The highest BCUT2D eigenvalue weighted by molar-refractivity contribution is 7.47. The van der Waals surface area contributed by atoms with E-state index in [0.29, 0.717) is 17.7 Å². The lowest BCUT2D eigenvalue weighted by Crippen LogP contribution is -2.40. The predicted octanol–water partition coefficient (Wildman–Crippen LogP) is 0.617. The maximum atomic E-state index is 12.6. The Hall–Kier alpha value is -5.11. The highest BCUT2D eigenvalue weighted by Gasteiger charge is 2.26. The number of carbonyl (C=O) groups is 10. The highest BCUT2D eigenvalue weighted by Crippen LogP contribution is 2.43. The van der Waals surface area contributed by atoms with Crippen LogP contribution in [0.1, 0.15) is 85.0 Å². The summed E-state index contributed by atoms with van der Waals surface area (Å²) >= 11 is 0. The van der Waals surface area contributed by atoms with E-state index in [2.05, 4.69) is 16.0 Å². The summed E-state index contributed by atoms with van der Waals surface area (Å²) in [6.07, 6.45) is 4.56. The SMILES string of the molecule is CC/C=C\CC(=O)OCC(COP(=O)(O)OCCNC(=O)CC(=O)NCC(=O)CCC(=O)N(CC(=O)O)CC(=O)CCC(=O)NCC(=O)CC)OC(=O)C/C=C\CC. The van der Waals surface area contributed by atoms with Crippen LogP contribution in [0.5, 0.6) is 0 Å². The summed E-state index contributed by atoms with van der Waals surface area (Å²) in [5.74, 6) is -7.39. The molecule has 0 bridgehead atoms. The van der Waals surface area contributed by atoms with Gasteiger partial charge >= 0.3 is 25.7 Å². The van der Waals surface area contributed by atoms with Gasteiger partial charge in [0.2, 0.25) is 23.6 Å². The van der Waals surface area contributed by atoms with E-state index in [9.17, 15) is 57.4 Å². The van der Waals surface area contributed by atoms with Crippen molar-refractivity contribution in [1.29, 1.82) is 0 Å². The third kappa shape index (κ3) is 29.2. The molecule has 0 heterocycles. The molecular weight excluding hydrogens is 791 g/mol. The Kier molecular flexibility index (Phi) is 28.2. The number of ketones is 3.